The molecular formula is C14H19NO2S. The molecule has 1 amide bonds. The number of hydrogen-bond acceptors (Lipinski definition) is 3. The van der Waals surface area contributed by atoms with E-state index in [0.29, 0.717) is 6.54 Å². The molecule has 4 heteroatoms. The summed E-state index contributed by atoms with van der Waals surface area (Å²) in [5.74, 6) is 0.893. The molecule has 1 aromatic rings. The Morgan fingerprint density at radius 2 is 2.22 bits per heavy atom. The van der Waals surface area contributed by atoms with Gasteiger partial charge in [0.25, 0.3) is 0 Å². The standard InChI is InChI=1S/C14H19NO2S/c1-10(2)15(7-8-16)14(17)12-9-18-13-6-4-3-5-11(12)13/h3-6,10,12,16H,7-9H2,1-2H3. The smallest absolute Gasteiger partial charge is 0.231 e. The van der Waals surface area contributed by atoms with E-state index in [2.05, 4.69) is 6.07 Å². The number of hydrogen-bond donors (Lipinski definition) is 1. The molecule has 2 rings (SSSR count). The largest absolute Gasteiger partial charge is 0.395 e. The summed E-state index contributed by atoms with van der Waals surface area (Å²) in [7, 11) is 0. The van der Waals surface area contributed by atoms with Gasteiger partial charge in [0.15, 0.2) is 0 Å². The number of carbonyl (C=O) groups is 1. The van der Waals surface area contributed by atoms with Gasteiger partial charge in [-0.1, -0.05) is 18.2 Å². The molecule has 0 bridgehead atoms. The highest BCUT2D eigenvalue weighted by atomic mass is 32.2. The van der Waals surface area contributed by atoms with Crippen molar-refractivity contribution in [3.63, 3.8) is 0 Å². The van der Waals surface area contributed by atoms with Crippen LogP contribution in [-0.2, 0) is 4.79 Å². The number of benzene rings is 1. The first-order valence-corrected chi connectivity index (χ1v) is 7.26. The molecule has 0 saturated heterocycles. The summed E-state index contributed by atoms with van der Waals surface area (Å²) >= 11 is 1.74. The van der Waals surface area contributed by atoms with Crippen molar-refractivity contribution in [1.29, 1.82) is 0 Å². The van der Waals surface area contributed by atoms with Crippen LogP contribution in [0.4, 0.5) is 0 Å². The van der Waals surface area contributed by atoms with Crippen molar-refractivity contribution in [3.8, 4) is 0 Å². The molecule has 1 aliphatic rings. The van der Waals surface area contributed by atoms with Gasteiger partial charge in [-0.05, 0) is 25.5 Å². The van der Waals surface area contributed by atoms with Crippen molar-refractivity contribution < 1.29 is 9.90 Å². The summed E-state index contributed by atoms with van der Waals surface area (Å²) in [5, 5.41) is 9.07. The molecule has 1 N–H and O–H groups in total. The molecule has 1 unspecified atom stereocenters. The van der Waals surface area contributed by atoms with E-state index in [1.807, 2.05) is 32.0 Å². The van der Waals surface area contributed by atoms with Crippen LogP contribution in [-0.4, -0.2) is 40.9 Å². The normalized spacial score (nSPS) is 17.9. The Balaban J connectivity index is 2.20. The van der Waals surface area contributed by atoms with Gasteiger partial charge in [-0.15, -0.1) is 11.8 Å². The zero-order valence-electron chi connectivity index (χ0n) is 10.8. The zero-order chi connectivity index (χ0) is 13.1. The predicted octanol–water partition coefficient (Wildman–Crippen LogP) is 2.11. The number of aliphatic hydroxyl groups excluding tert-OH is 1. The van der Waals surface area contributed by atoms with E-state index in [4.69, 9.17) is 5.11 Å². The molecule has 0 aliphatic carbocycles. The first-order valence-electron chi connectivity index (χ1n) is 6.28. The summed E-state index contributed by atoms with van der Waals surface area (Å²) in [6.45, 7) is 4.41. The van der Waals surface area contributed by atoms with E-state index >= 15 is 0 Å². The molecule has 3 nitrogen and oxygen atoms in total. The molecular weight excluding hydrogens is 246 g/mol. The van der Waals surface area contributed by atoms with Crippen LogP contribution in [0, 0.1) is 0 Å². The summed E-state index contributed by atoms with van der Waals surface area (Å²) in [5.41, 5.74) is 1.14. The maximum Gasteiger partial charge on any atom is 0.231 e. The third kappa shape index (κ3) is 2.54. The Morgan fingerprint density at radius 1 is 1.50 bits per heavy atom. The molecule has 0 saturated carbocycles. The van der Waals surface area contributed by atoms with Crippen LogP contribution in [0.25, 0.3) is 0 Å². The van der Waals surface area contributed by atoms with E-state index in [1.54, 1.807) is 16.7 Å². The molecule has 1 aromatic carbocycles. The molecule has 0 radical (unpaired) electrons. The van der Waals surface area contributed by atoms with E-state index in [-0.39, 0.29) is 24.5 Å². The van der Waals surface area contributed by atoms with Crippen molar-refractivity contribution in [2.24, 2.45) is 0 Å². The van der Waals surface area contributed by atoms with Gasteiger partial charge in [0.2, 0.25) is 5.91 Å². The number of aliphatic hydroxyl groups is 1. The Kier molecular flexibility index (Phi) is 4.30. The maximum atomic E-state index is 12.5. The minimum Gasteiger partial charge on any atom is -0.395 e. The Hall–Kier alpha value is -1.00. The number of fused-ring (bicyclic) bond motifs is 1. The molecule has 98 valence electrons. The second-order valence-corrected chi connectivity index (χ2v) is 5.81. The number of thioether (sulfide) groups is 1. The van der Waals surface area contributed by atoms with Crippen molar-refractivity contribution in [3.05, 3.63) is 29.8 Å². The van der Waals surface area contributed by atoms with Crippen LogP contribution in [0.1, 0.15) is 25.3 Å². The third-order valence-electron chi connectivity index (χ3n) is 3.25. The molecule has 1 heterocycles. The van der Waals surface area contributed by atoms with Crippen molar-refractivity contribution in [1.82, 2.24) is 4.90 Å². The summed E-state index contributed by atoms with van der Waals surface area (Å²) < 4.78 is 0. The van der Waals surface area contributed by atoms with E-state index < -0.39 is 0 Å². The molecule has 1 atom stereocenters. The lowest BCUT2D eigenvalue weighted by Crippen LogP contribution is -2.42. The van der Waals surface area contributed by atoms with Crippen molar-refractivity contribution >= 4 is 17.7 Å². The highest BCUT2D eigenvalue weighted by molar-refractivity contribution is 7.99. The second-order valence-electron chi connectivity index (χ2n) is 4.75. The Morgan fingerprint density at radius 3 is 2.89 bits per heavy atom. The molecule has 18 heavy (non-hydrogen) atoms. The number of amides is 1. The van der Waals surface area contributed by atoms with Crippen LogP contribution in [0.15, 0.2) is 29.2 Å². The summed E-state index contributed by atoms with van der Waals surface area (Å²) in [6.07, 6.45) is 0. The molecule has 1 aliphatic heterocycles. The van der Waals surface area contributed by atoms with E-state index in [1.165, 1.54) is 4.90 Å². The van der Waals surface area contributed by atoms with Crippen LogP contribution in [0.5, 0.6) is 0 Å². The van der Waals surface area contributed by atoms with Gasteiger partial charge < -0.3 is 10.0 Å². The van der Waals surface area contributed by atoms with Crippen LogP contribution in [0.3, 0.4) is 0 Å². The Bertz CT molecular complexity index is 434. The highest BCUT2D eigenvalue weighted by Crippen LogP contribution is 2.40. The minimum absolute atomic E-state index is 0.0193. The lowest BCUT2D eigenvalue weighted by Gasteiger charge is -2.28. The monoisotopic (exact) mass is 265 g/mol. The second kappa shape index (κ2) is 5.76. The fourth-order valence-corrected chi connectivity index (χ4v) is 3.52. The fraction of sp³-hybridized carbons (Fsp3) is 0.500. The average Bonchev–Trinajstić information content (AvgIpc) is 2.78. The van der Waals surface area contributed by atoms with Crippen LogP contribution >= 0.6 is 11.8 Å². The number of carbonyl (C=O) groups excluding carboxylic acids is 1. The molecule has 0 aromatic heterocycles. The molecule has 0 spiro atoms. The van der Waals surface area contributed by atoms with Gasteiger partial charge in [0.05, 0.1) is 12.5 Å². The lowest BCUT2D eigenvalue weighted by molar-refractivity contribution is -0.134. The van der Waals surface area contributed by atoms with Crippen LogP contribution < -0.4 is 0 Å². The number of rotatable bonds is 4. The van der Waals surface area contributed by atoms with Gasteiger partial charge in [-0.25, -0.2) is 0 Å². The maximum absolute atomic E-state index is 12.5. The summed E-state index contributed by atoms with van der Waals surface area (Å²) in [6, 6.07) is 8.22. The van der Waals surface area contributed by atoms with Gasteiger partial charge >= 0.3 is 0 Å². The topological polar surface area (TPSA) is 40.5 Å². The fourth-order valence-electron chi connectivity index (χ4n) is 2.30. The number of nitrogens with zero attached hydrogens (tertiary/aromatic N) is 1. The predicted molar refractivity (Wildman–Crippen MR) is 73.8 cm³/mol. The van der Waals surface area contributed by atoms with Crippen molar-refractivity contribution in [2.75, 3.05) is 18.9 Å². The van der Waals surface area contributed by atoms with Crippen molar-refractivity contribution in [2.45, 2.75) is 30.7 Å². The zero-order valence-corrected chi connectivity index (χ0v) is 11.6. The first kappa shape index (κ1) is 13.4. The van der Waals surface area contributed by atoms with Gasteiger partial charge in [0.1, 0.15) is 0 Å². The van der Waals surface area contributed by atoms with Gasteiger partial charge in [-0.2, -0.15) is 0 Å². The average molecular weight is 265 g/mol. The Labute approximate surface area is 112 Å². The quantitative estimate of drug-likeness (QED) is 0.906. The molecule has 0 fully saturated rings. The SMILES string of the molecule is CC(C)N(CCO)C(=O)C1CSc2ccccc21. The van der Waals surface area contributed by atoms with Gasteiger partial charge in [0, 0.05) is 23.2 Å². The van der Waals surface area contributed by atoms with Crippen LogP contribution in [0.2, 0.25) is 0 Å². The van der Waals surface area contributed by atoms with E-state index in [9.17, 15) is 4.79 Å². The van der Waals surface area contributed by atoms with E-state index in [0.717, 1.165) is 11.3 Å². The summed E-state index contributed by atoms with van der Waals surface area (Å²) in [4.78, 5) is 15.5. The lowest BCUT2D eigenvalue weighted by atomic mass is 9.99. The minimum atomic E-state index is -0.0554. The third-order valence-corrected chi connectivity index (χ3v) is 4.43. The first-order chi connectivity index (χ1) is 8.65. The van der Waals surface area contributed by atoms with Gasteiger partial charge in [-0.3, -0.25) is 4.79 Å². The highest BCUT2D eigenvalue weighted by Gasteiger charge is 2.32.